The summed E-state index contributed by atoms with van der Waals surface area (Å²) in [4.78, 5) is 7.20. The van der Waals surface area contributed by atoms with Gasteiger partial charge in [0.05, 0.1) is 5.52 Å². The van der Waals surface area contributed by atoms with E-state index in [-0.39, 0.29) is 0 Å². The van der Waals surface area contributed by atoms with E-state index in [4.69, 9.17) is 16.6 Å². The lowest BCUT2D eigenvalue weighted by Crippen LogP contribution is -2.35. The molecule has 3 heteroatoms. The molecule has 2 aromatic rings. The van der Waals surface area contributed by atoms with Gasteiger partial charge in [-0.3, -0.25) is 0 Å². The van der Waals surface area contributed by atoms with Crippen molar-refractivity contribution in [2.24, 2.45) is 5.92 Å². The maximum atomic E-state index is 6.14. The van der Waals surface area contributed by atoms with E-state index in [2.05, 4.69) is 37.1 Å². The highest BCUT2D eigenvalue weighted by atomic mass is 35.5. The van der Waals surface area contributed by atoms with Crippen molar-refractivity contribution in [1.82, 2.24) is 4.98 Å². The summed E-state index contributed by atoms with van der Waals surface area (Å²) in [6.07, 6.45) is 5.18. The molecule has 21 heavy (non-hydrogen) atoms. The third-order valence-electron chi connectivity index (χ3n) is 4.83. The number of halogens is 1. The molecule has 2 nitrogen and oxygen atoms in total. The Morgan fingerprint density at radius 2 is 1.90 bits per heavy atom. The molecule has 1 saturated carbocycles. The van der Waals surface area contributed by atoms with Gasteiger partial charge in [-0.2, -0.15) is 0 Å². The predicted molar refractivity (Wildman–Crippen MR) is 91.1 cm³/mol. The van der Waals surface area contributed by atoms with Crippen LogP contribution in [0.3, 0.4) is 0 Å². The number of hydrogen-bond acceptors (Lipinski definition) is 2. The second kappa shape index (κ2) is 6.23. The van der Waals surface area contributed by atoms with Gasteiger partial charge in [-0.1, -0.05) is 25.1 Å². The molecular formula is C18H23ClN2. The van der Waals surface area contributed by atoms with Gasteiger partial charge in [-0.25, -0.2) is 4.98 Å². The number of nitrogens with zero attached hydrogens (tertiary/aromatic N) is 2. The normalized spacial score (nSPS) is 22.4. The molecular weight excluding hydrogens is 280 g/mol. The van der Waals surface area contributed by atoms with E-state index in [1.54, 1.807) is 0 Å². The molecule has 0 radical (unpaired) electrons. The maximum Gasteiger partial charge on any atom is 0.129 e. The minimum atomic E-state index is 0.533. The zero-order valence-corrected chi connectivity index (χ0v) is 13.6. The minimum absolute atomic E-state index is 0.533. The van der Waals surface area contributed by atoms with Crippen LogP contribution in [0.5, 0.6) is 0 Å². The van der Waals surface area contributed by atoms with Crippen LogP contribution in [-0.4, -0.2) is 18.1 Å². The van der Waals surface area contributed by atoms with Gasteiger partial charge in [-0.05, 0) is 49.3 Å². The van der Waals surface area contributed by atoms with Gasteiger partial charge in [-0.15, -0.1) is 11.6 Å². The van der Waals surface area contributed by atoms with Gasteiger partial charge >= 0.3 is 0 Å². The van der Waals surface area contributed by atoms with Crippen molar-refractivity contribution in [3.8, 4) is 0 Å². The Bertz CT molecular complexity index is 618. The summed E-state index contributed by atoms with van der Waals surface area (Å²) in [5.41, 5.74) is 2.22. The highest BCUT2D eigenvalue weighted by molar-refractivity contribution is 6.18. The van der Waals surface area contributed by atoms with E-state index in [0.29, 0.717) is 11.9 Å². The monoisotopic (exact) mass is 302 g/mol. The second-order valence-electron chi connectivity index (χ2n) is 6.31. The Labute approximate surface area is 132 Å². The molecule has 1 heterocycles. The average Bonchev–Trinajstić information content (AvgIpc) is 2.53. The summed E-state index contributed by atoms with van der Waals surface area (Å²) in [6, 6.07) is 11.0. The third-order valence-corrected chi connectivity index (χ3v) is 5.11. The quantitative estimate of drug-likeness (QED) is 0.743. The molecule has 0 spiro atoms. The Morgan fingerprint density at radius 3 is 2.62 bits per heavy atom. The summed E-state index contributed by atoms with van der Waals surface area (Å²) >= 11 is 6.14. The lowest BCUT2D eigenvalue weighted by atomic mass is 9.87. The number of aromatic nitrogens is 1. The van der Waals surface area contributed by atoms with Crippen LogP contribution in [0, 0.1) is 5.92 Å². The average molecular weight is 303 g/mol. The maximum absolute atomic E-state index is 6.14. The van der Waals surface area contributed by atoms with E-state index in [0.717, 1.165) is 17.3 Å². The molecule has 112 valence electrons. The Morgan fingerprint density at radius 1 is 1.19 bits per heavy atom. The van der Waals surface area contributed by atoms with E-state index < -0.39 is 0 Å². The van der Waals surface area contributed by atoms with Gasteiger partial charge in [0.25, 0.3) is 0 Å². The van der Waals surface area contributed by atoms with Gasteiger partial charge in [0.15, 0.2) is 0 Å². The number of alkyl halides is 1. The topological polar surface area (TPSA) is 16.1 Å². The van der Waals surface area contributed by atoms with E-state index >= 15 is 0 Å². The zero-order chi connectivity index (χ0) is 14.8. The fourth-order valence-electron chi connectivity index (χ4n) is 3.34. The highest BCUT2D eigenvalue weighted by Gasteiger charge is 2.23. The van der Waals surface area contributed by atoms with Crippen LogP contribution < -0.4 is 4.90 Å². The molecule has 3 rings (SSSR count). The van der Waals surface area contributed by atoms with Crippen molar-refractivity contribution in [2.75, 3.05) is 11.9 Å². The molecule has 1 aliphatic rings. The minimum Gasteiger partial charge on any atom is -0.357 e. The molecule has 1 fully saturated rings. The summed E-state index contributed by atoms with van der Waals surface area (Å²) < 4.78 is 0. The van der Waals surface area contributed by atoms with Crippen LogP contribution >= 0.6 is 11.6 Å². The molecule has 1 aliphatic carbocycles. The van der Waals surface area contributed by atoms with Crippen molar-refractivity contribution in [3.05, 3.63) is 35.9 Å². The summed E-state index contributed by atoms with van der Waals surface area (Å²) in [6.45, 7) is 2.36. The van der Waals surface area contributed by atoms with E-state index in [9.17, 15) is 0 Å². The van der Waals surface area contributed by atoms with Crippen molar-refractivity contribution >= 4 is 28.3 Å². The number of rotatable bonds is 3. The number of anilines is 1. The fraction of sp³-hybridized carbons (Fsp3) is 0.500. The van der Waals surface area contributed by atoms with E-state index in [1.165, 1.54) is 36.6 Å². The molecule has 0 amide bonds. The Kier molecular flexibility index (Phi) is 4.34. The number of fused-ring (bicyclic) bond motifs is 1. The number of hydrogen-bond donors (Lipinski definition) is 0. The molecule has 0 atom stereocenters. The second-order valence-corrected chi connectivity index (χ2v) is 6.58. The van der Waals surface area contributed by atoms with Gasteiger partial charge in [0.1, 0.15) is 5.82 Å². The summed E-state index contributed by atoms with van der Waals surface area (Å²) in [7, 11) is 2.18. The van der Waals surface area contributed by atoms with Crippen LogP contribution in [0.25, 0.3) is 10.9 Å². The largest absolute Gasteiger partial charge is 0.357 e. The van der Waals surface area contributed by atoms with Crippen molar-refractivity contribution < 1.29 is 0 Å². The SMILES string of the molecule is CC1CCC(N(C)c2cc(CCl)c3ccccc3n2)CC1. The van der Waals surface area contributed by atoms with E-state index in [1.807, 2.05) is 12.1 Å². The van der Waals surface area contributed by atoms with Gasteiger partial charge in [0.2, 0.25) is 0 Å². The zero-order valence-electron chi connectivity index (χ0n) is 12.8. The Balaban J connectivity index is 1.92. The van der Waals surface area contributed by atoms with Crippen LogP contribution in [0.15, 0.2) is 30.3 Å². The van der Waals surface area contributed by atoms with Crippen molar-refractivity contribution in [2.45, 2.75) is 44.5 Å². The third kappa shape index (κ3) is 3.01. The van der Waals surface area contributed by atoms with Gasteiger partial charge in [0, 0.05) is 24.4 Å². The summed E-state index contributed by atoms with van der Waals surface area (Å²) in [5, 5.41) is 1.17. The lowest BCUT2D eigenvalue weighted by molar-refractivity contribution is 0.340. The smallest absolute Gasteiger partial charge is 0.129 e. The number of pyridine rings is 1. The molecule has 0 bridgehead atoms. The molecule has 0 saturated heterocycles. The fourth-order valence-corrected chi connectivity index (χ4v) is 3.56. The van der Waals surface area contributed by atoms with Crippen LogP contribution in [0.4, 0.5) is 5.82 Å². The first-order valence-corrected chi connectivity index (χ1v) is 8.40. The molecule has 1 aromatic carbocycles. The Hall–Kier alpha value is -1.28. The molecule has 0 unspecified atom stereocenters. The first-order chi connectivity index (χ1) is 10.2. The number of benzene rings is 1. The lowest BCUT2D eigenvalue weighted by Gasteiger charge is -2.34. The van der Waals surface area contributed by atoms with Crippen LogP contribution in [0.2, 0.25) is 0 Å². The van der Waals surface area contributed by atoms with Crippen molar-refractivity contribution in [3.63, 3.8) is 0 Å². The summed E-state index contributed by atoms with van der Waals surface area (Å²) in [5.74, 6) is 2.47. The van der Waals surface area contributed by atoms with Crippen LogP contribution in [0.1, 0.15) is 38.2 Å². The first kappa shape index (κ1) is 14.6. The van der Waals surface area contributed by atoms with Crippen LogP contribution in [-0.2, 0) is 5.88 Å². The first-order valence-electron chi connectivity index (χ1n) is 7.86. The molecule has 0 aliphatic heterocycles. The highest BCUT2D eigenvalue weighted by Crippen LogP contribution is 2.30. The molecule has 1 aromatic heterocycles. The van der Waals surface area contributed by atoms with Gasteiger partial charge < -0.3 is 4.90 Å². The standard InChI is InChI=1S/C18H23ClN2/c1-13-7-9-15(10-8-13)21(2)18-11-14(12-19)16-5-3-4-6-17(16)20-18/h3-6,11,13,15H,7-10,12H2,1-2H3. The van der Waals surface area contributed by atoms with Crippen molar-refractivity contribution in [1.29, 1.82) is 0 Å². The number of para-hydroxylation sites is 1. The molecule has 0 N–H and O–H groups in total. The predicted octanol–water partition coefficient (Wildman–Crippen LogP) is 4.99.